The van der Waals surface area contributed by atoms with Gasteiger partial charge in [0.15, 0.2) is 5.75 Å². The van der Waals surface area contributed by atoms with E-state index >= 15 is 0 Å². The summed E-state index contributed by atoms with van der Waals surface area (Å²) in [7, 11) is 0. The number of aromatic hydroxyl groups is 2. The van der Waals surface area contributed by atoms with E-state index in [-0.39, 0.29) is 5.56 Å². The van der Waals surface area contributed by atoms with Crippen LogP contribution in [0.25, 0.3) is 0 Å². The van der Waals surface area contributed by atoms with Gasteiger partial charge in [0.25, 0.3) is 0 Å². The second kappa shape index (κ2) is 6.53. The van der Waals surface area contributed by atoms with Crippen LogP contribution >= 0.6 is 0 Å². The first kappa shape index (κ1) is 16.2. The van der Waals surface area contributed by atoms with Crippen LogP contribution in [0.5, 0.6) is 11.5 Å². The normalized spacial score (nSPS) is 14.2. The average Bonchev–Trinajstić information content (AvgIpc) is 2.37. The molecule has 0 amide bonds. The summed E-state index contributed by atoms with van der Waals surface area (Å²) < 4.78 is 0. The van der Waals surface area contributed by atoms with Crippen molar-refractivity contribution in [3.8, 4) is 11.5 Å². The smallest absolute Gasteiger partial charge is 0.314 e. The van der Waals surface area contributed by atoms with E-state index < -0.39 is 34.3 Å². The van der Waals surface area contributed by atoms with Crippen LogP contribution in [0.2, 0.25) is 0 Å². The number of nitro benzene ring substituents is 1. The van der Waals surface area contributed by atoms with Gasteiger partial charge in [0.1, 0.15) is 0 Å². The zero-order valence-corrected chi connectivity index (χ0v) is 11.5. The van der Waals surface area contributed by atoms with Crippen LogP contribution in [0, 0.1) is 16.0 Å². The molecule has 0 heterocycles. The highest BCUT2D eigenvalue weighted by molar-refractivity contribution is 5.57. The molecule has 0 bridgehead atoms. The molecule has 5 N–H and O–H groups in total. The molecule has 2 atom stereocenters. The maximum absolute atomic E-state index is 10.8. The van der Waals surface area contributed by atoms with E-state index in [2.05, 4.69) is 0 Å². The number of hydrogen-bond acceptors (Lipinski definition) is 6. The molecule has 0 unspecified atom stereocenters. The van der Waals surface area contributed by atoms with Gasteiger partial charge in [-0.15, -0.1) is 0 Å². The number of nitrogens with zero attached hydrogens (tertiary/aromatic N) is 1. The molecule has 0 saturated carbocycles. The van der Waals surface area contributed by atoms with Crippen LogP contribution in [0.3, 0.4) is 0 Å². The van der Waals surface area contributed by atoms with E-state index in [0.717, 1.165) is 18.6 Å². The van der Waals surface area contributed by atoms with E-state index in [1.807, 2.05) is 13.8 Å². The SMILES string of the molecule is CC(C)CC[C@H](O)[C@H](N)c1cc(O)c(O)c([N+](=O)[O-])c1. The first-order valence-electron chi connectivity index (χ1n) is 6.38. The van der Waals surface area contributed by atoms with Gasteiger partial charge in [-0.2, -0.15) is 0 Å². The van der Waals surface area contributed by atoms with Crippen molar-refractivity contribution in [1.29, 1.82) is 0 Å². The maximum Gasteiger partial charge on any atom is 0.314 e. The number of rotatable bonds is 6. The van der Waals surface area contributed by atoms with E-state index in [4.69, 9.17) is 5.73 Å². The quantitative estimate of drug-likeness (QED) is 0.358. The molecule has 7 nitrogen and oxygen atoms in total. The van der Waals surface area contributed by atoms with Gasteiger partial charge < -0.3 is 21.1 Å². The Balaban J connectivity index is 2.98. The fraction of sp³-hybridized carbons (Fsp3) is 0.538. The summed E-state index contributed by atoms with van der Waals surface area (Å²) >= 11 is 0. The Morgan fingerprint density at radius 1 is 1.30 bits per heavy atom. The fourth-order valence-electron chi connectivity index (χ4n) is 1.86. The lowest BCUT2D eigenvalue weighted by atomic mass is 9.95. The Hall–Kier alpha value is -1.86. The zero-order chi connectivity index (χ0) is 15.4. The Morgan fingerprint density at radius 2 is 1.90 bits per heavy atom. The Kier molecular flexibility index (Phi) is 5.29. The van der Waals surface area contributed by atoms with Gasteiger partial charge in [-0.3, -0.25) is 10.1 Å². The van der Waals surface area contributed by atoms with Crippen molar-refractivity contribution in [3.63, 3.8) is 0 Å². The van der Waals surface area contributed by atoms with Crippen molar-refractivity contribution in [2.45, 2.75) is 38.8 Å². The molecule has 1 rings (SSSR count). The predicted molar refractivity (Wildman–Crippen MR) is 73.4 cm³/mol. The molecule has 0 aliphatic carbocycles. The van der Waals surface area contributed by atoms with Crippen molar-refractivity contribution in [2.75, 3.05) is 0 Å². The molecule has 1 aromatic rings. The van der Waals surface area contributed by atoms with Crippen LogP contribution in [-0.2, 0) is 0 Å². The third-order valence-electron chi connectivity index (χ3n) is 3.13. The van der Waals surface area contributed by atoms with Gasteiger partial charge in [-0.1, -0.05) is 13.8 Å². The summed E-state index contributed by atoms with van der Waals surface area (Å²) in [5.74, 6) is -1.03. The molecule has 7 heteroatoms. The monoisotopic (exact) mass is 284 g/mol. The number of aliphatic hydroxyl groups excluding tert-OH is 1. The van der Waals surface area contributed by atoms with Gasteiger partial charge in [-0.05, 0) is 30.4 Å². The van der Waals surface area contributed by atoms with E-state index in [9.17, 15) is 25.4 Å². The second-order valence-electron chi connectivity index (χ2n) is 5.23. The zero-order valence-electron chi connectivity index (χ0n) is 11.5. The summed E-state index contributed by atoms with van der Waals surface area (Å²) in [6, 6.07) is 1.34. The Bertz CT molecular complexity index is 490. The second-order valence-corrected chi connectivity index (χ2v) is 5.23. The van der Waals surface area contributed by atoms with Crippen LogP contribution in [0.15, 0.2) is 12.1 Å². The molecule has 0 aliphatic heterocycles. The minimum atomic E-state index is -0.874. The van der Waals surface area contributed by atoms with E-state index in [0.29, 0.717) is 12.3 Å². The van der Waals surface area contributed by atoms with Gasteiger partial charge in [0.05, 0.1) is 17.1 Å². The highest BCUT2D eigenvalue weighted by Gasteiger charge is 2.24. The lowest BCUT2D eigenvalue weighted by Gasteiger charge is -2.20. The number of hydrogen-bond donors (Lipinski definition) is 4. The first-order chi connectivity index (χ1) is 9.23. The molecule has 0 aromatic heterocycles. The van der Waals surface area contributed by atoms with Gasteiger partial charge in [0, 0.05) is 6.07 Å². The van der Waals surface area contributed by atoms with E-state index in [1.54, 1.807) is 0 Å². The Labute approximate surface area is 116 Å². The van der Waals surface area contributed by atoms with Gasteiger partial charge >= 0.3 is 5.69 Å². The van der Waals surface area contributed by atoms with Crippen molar-refractivity contribution in [1.82, 2.24) is 0 Å². The maximum atomic E-state index is 10.8. The number of aliphatic hydroxyl groups is 1. The molecule has 0 spiro atoms. The third kappa shape index (κ3) is 3.82. The van der Waals surface area contributed by atoms with Gasteiger partial charge in [0.2, 0.25) is 5.75 Å². The summed E-state index contributed by atoms with van der Waals surface area (Å²) in [4.78, 5) is 9.95. The standard InChI is InChI=1S/C13H20N2O5/c1-7(2)3-4-10(16)12(14)8-5-9(15(19)20)13(18)11(17)6-8/h5-7,10,12,16-18H,3-4,14H2,1-2H3/t10-,12+/m0/s1. The molecular formula is C13H20N2O5. The topological polar surface area (TPSA) is 130 Å². The summed E-state index contributed by atoms with van der Waals surface area (Å²) in [5.41, 5.74) is 5.43. The molecule has 20 heavy (non-hydrogen) atoms. The molecular weight excluding hydrogens is 264 g/mol. The minimum Gasteiger partial charge on any atom is -0.504 e. The number of benzene rings is 1. The molecule has 112 valence electrons. The van der Waals surface area contributed by atoms with Gasteiger partial charge in [-0.25, -0.2) is 0 Å². The summed E-state index contributed by atoms with van der Waals surface area (Å²) in [6.07, 6.45) is 0.343. The molecule has 0 radical (unpaired) electrons. The predicted octanol–water partition coefficient (Wildman–Crippen LogP) is 1.80. The number of phenols is 2. The first-order valence-corrected chi connectivity index (χ1v) is 6.38. The lowest BCUT2D eigenvalue weighted by molar-refractivity contribution is -0.386. The summed E-state index contributed by atoms with van der Waals surface area (Å²) in [5, 5.41) is 39.6. The highest BCUT2D eigenvalue weighted by atomic mass is 16.6. The molecule has 0 aliphatic rings. The molecule has 0 fully saturated rings. The fourth-order valence-corrected chi connectivity index (χ4v) is 1.86. The van der Waals surface area contributed by atoms with E-state index in [1.165, 1.54) is 0 Å². The average molecular weight is 284 g/mol. The van der Waals surface area contributed by atoms with Crippen molar-refractivity contribution >= 4 is 5.69 Å². The highest BCUT2D eigenvalue weighted by Crippen LogP contribution is 2.38. The largest absolute Gasteiger partial charge is 0.504 e. The van der Waals surface area contributed by atoms with Crippen LogP contribution < -0.4 is 5.73 Å². The van der Waals surface area contributed by atoms with Crippen molar-refractivity contribution in [2.24, 2.45) is 11.7 Å². The Morgan fingerprint density at radius 3 is 2.40 bits per heavy atom. The van der Waals surface area contributed by atoms with Crippen LogP contribution in [-0.4, -0.2) is 26.3 Å². The molecule has 0 saturated heterocycles. The number of nitro groups is 1. The summed E-state index contributed by atoms with van der Waals surface area (Å²) in [6.45, 7) is 4.02. The minimum absolute atomic E-state index is 0.211. The van der Waals surface area contributed by atoms with Crippen LogP contribution in [0.1, 0.15) is 38.3 Å². The molecule has 1 aromatic carbocycles. The number of nitrogens with two attached hydrogens (primary N) is 1. The third-order valence-corrected chi connectivity index (χ3v) is 3.13. The lowest BCUT2D eigenvalue weighted by Crippen LogP contribution is -2.26. The number of phenolic OH excluding ortho intramolecular Hbond substituents is 2. The van der Waals surface area contributed by atoms with Crippen molar-refractivity contribution < 1.29 is 20.2 Å². The van der Waals surface area contributed by atoms with Crippen LogP contribution in [0.4, 0.5) is 5.69 Å². The van der Waals surface area contributed by atoms with Crippen molar-refractivity contribution in [3.05, 3.63) is 27.8 Å².